The molecule has 0 spiro atoms. The topological polar surface area (TPSA) is 29.9 Å². The van der Waals surface area contributed by atoms with Crippen molar-refractivity contribution in [2.75, 3.05) is 11.9 Å². The SMILES string of the molecule is CCCNc1nccn1-c1cc(C(F)(F)F)ccc1Cl. The van der Waals surface area contributed by atoms with Crippen LogP contribution >= 0.6 is 11.6 Å². The number of halogens is 4. The van der Waals surface area contributed by atoms with E-state index in [-0.39, 0.29) is 10.7 Å². The molecule has 0 saturated heterocycles. The number of hydrogen-bond donors (Lipinski definition) is 1. The molecule has 0 radical (unpaired) electrons. The number of anilines is 1. The van der Waals surface area contributed by atoms with Crippen LogP contribution in [0.2, 0.25) is 5.02 Å². The quantitative estimate of drug-likeness (QED) is 0.909. The minimum Gasteiger partial charge on any atom is -0.355 e. The van der Waals surface area contributed by atoms with Gasteiger partial charge in [0.05, 0.1) is 16.3 Å². The van der Waals surface area contributed by atoms with Gasteiger partial charge in [-0.05, 0) is 24.6 Å². The van der Waals surface area contributed by atoms with Gasteiger partial charge in [-0.25, -0.2) is 4.98 Å². The number of nitrogens with one attached hydrogen (secondary N) is 1. The highest BCUT2D eigenvalue weighted by atomic mass is 35.5. The first-order valence-corrected chi connectivity index (χ1v) is 6.45. The predicted octanol–water partition coefficient (Wildman–Crippen LogP) is 4.37. The zero-order valence-corrected chi connectivity index (χ0v) is 11.5. The Balaban J connectivity index is 2.44. The maximum atomic E-state index is 12.8. The predicted molar refractivity (Wildman–Crippen MR) is 72.4 cm³/mol. The molecule has 0 unspecified atom stereocenters. The summed E-state index contributed by atoms with van der Waals surface area (Å²) in [5.74, 6) is 0.466. The summed E-state index contributed by atoms with van der Waals surface area (Å²) in [6.45, 7) is 2.66. The van der Waals surface area contributed by atoms with Gasteiger partial charge in [0, 0.05) is 18.9 Å². The molecule has 1 aromatic heterocycles. The number of aromatic nitrogens is 2. The van der Waals surface area contributed by atoms with Crippen LogP contribution in [0.25, 0.3) is 5.69 Å². The maximum Gasteiger partial charge on any atom is 0.416 e. The standard InChI is InChI=1S/C13H13ClF3N3/c1-2-5-18-12-19-6-7-20(12)11-8-9(13(15,16)17)3-4-10(11)14/h3-4,6-8H,2,5H2,1H3,(H,18,19). The smallest absolute Gasteiger partial charge is 0.355 e. The van der Waals surface area contributed by atoms with Crippen LogP contribution in [-0.2, 0) is 6.18 Å². The molecule has 108 valence electrons. The maximum absolute atomic E-state index is 12.8. The van der Waals surface area contributed by atoms with E-state index in [0.717, 1.165) is 18.6 Å². The van der Waals surface area contributed by atoms with Gasteiger partial charge in [0.15, 0.2) is 0 Å². The van der Waals surface area contributed by atoms with Crippen molar-refractivity contribution in [1.29, 1.82) is 0 Å². The number of nitrogens with zero attached hydrogens (tertiary/aromatic N) is 2. The summed E-state index contributed by atoms with van der Waals surface area (Å²) in [6, 6.07) is 3.21. The Hall–Kier alpha value is -1.69. The average molecular weight is 304 g/mol. The highest BCUT2D eigenvalue weighted by molar-refractivity contribution is 6.32. The van der Waals surface area contributed by atoms with E-state index in [0.29, 0.717) is 12.5 Å². The van der Waals surface area contributed by atoms with Gasteiger partial charge in [0.25, 0.3) is 0 Å². The van der Waals surface area contributed by atoms with Gasteiger partial charge in [-0.2, -0.15) is 13.2 Å². The summed E-state index contributed by atoms with van der Waals surface area (Å²) in [5, 5.41) is 3.27. The average Bonchev–Trinajstić information content (AvgIpc) is 2.83. The molecule has 7 heteroatoms. The third-order valence-corrected chi connectivity index (χ3v) is 3.03. The zero-order valence-electron chi connectivity index (χ0n) is 10.7. The summed E-state index contributed by atoms with van der Waals surface area (Å²) in [7, 11) is 0. The van der Waals surface area contributed by atoms with Crippen molar-refractivity contribution in [1.82, 2.24) is 9.55 Å². The Morgan fingerprint density at radius 1 is 1.35 bits per heavy atom. The Morgan fingerprint density at radius 3 is 2.75 bits per heavy atom. The molecule has 1 aromatic carbocycles. The number of hydrogen-bond acceptors (Lipinski definition) is 2. The molecule has 2 rings (SSSR count). The summed E-state index contributed by atoms with van der Waals surface area (Å²) in [5.41, 5.74) is -0.496. The highest BCUT2D eigenvalue weighted by Gasteiger charge is 2.31. The molecular formula is C13H13ClF3N3. The van der Waals surface area contributed by atoms with E-state index in [4.69, 9.17) is 11.6 Å². The summed E-state index contributed by atoms with van der Waals surface area (Å²) in [6.07, 6.45) is -0.450. The van der Waals surface area contributed by atoms with E-state index in [1.807, 2.05) is 6.92 Å². The largest absolute Gasteiger partial charge is 0.416 e. The molecule has 0 fully saturated rings. The number of alkyl halides is 3. The van der Waals surface area contributed by atoms with Crippen LogP contribution in [0, 0.1) is 0 Å². The van der Waals surface area contributed by atoms with E-state index >= 15 is 0 Å². The third-order valence-electron chi connectivity index (χ3n) is 2.71. The van der Waals surface area contributed by atoms with Gasteiger partial charge >= 0.3 is 6.18 Å². The van der Waals surface area contributed by atoms with Crippen LogP contribution in [0.15, 0.2) is 30.6 Å². The monoisotopic (exact) mass is 303 g/mol. The van der Waals surface area contributed by atoms with Crippen molar-refractivity contribution in [3.8, 4) is 5.69 Å². The first kappa shape index (κ1) is 14.7. The molecule has 0 saturated carbocycles. The Kier molecular flexibility index (Phi) is 4.23. The normalized spacial score (nSPS) is 11.7. The van der Waals surface area contributed by atoms with Gasteiger partial charge in [-0.3, -0.25) is 4.57 Å². The Morgan fingerprint density at radius 2 is 2.10 bits per heavy atom. The third kappa shape index (κ3) is 3.07. The molecule has 1 heterocycles. The van der Waals surface area contributed by atoms with Crippen molar-refractivity contribution >= 4 is 17.5 Å². The fourth-order valence-corrected chi connectivity index (χ4v) is 1.95. The van der Waals surface area contributed by atoms with Crippen LogP contribution in [0.3, 0.4) is 0 Å². The first-order chi connectivity index (χ1) is 9.43. The Labute approximate surface area is 119 Å². The molecule has 2 aromatic rings. The Bertz CT molecular complexity index is 593. The van der Waals surface area contributed by atoms with Crippen molar-refractivity contribution in [3.63, 3.8) is 0 Å². The first-order valence-electron chi connectivity index (χ1n) is 6.08. The van der Waals surface area contributed by atoms with E-state index in [1.165, 1.54) is 16.8 Å². The minimum atomic E-state index is -4.41. The van der Waals surface area contributed by atoms with Crippen LogP contribution in [0.5, 0.6) is 0 Å². The minimum absolute atomic E-state index is 0.232. The lowest BCUT2D eigenvalue weighted by Gasteiger charge is -2.13. The molecular weight excluding hydrogens is 291 g/mol. The molecule has 0 aliphatic rings. The van der Waals surface area contributed by atoms with E-state index in [2.05, 4.69) is 10.3 Å². The second kappa shape index (κ2) is 5.75. The second-order valence-corrected chi connectivity index (χ2v) is 4.62. The highest BCUT2D eigenvalue weighted by Crippen LogP contribution is 2.33. The van der Waals surface area contributed by atoms with Gasteiger partial charge in [-0.15, -0.1) is 0 Å². The second-order valence-electron chi connectivity index (χ2n) is 4.21. The van der Waals surface area contributed by atoms with Gasteiger partial charge in [-0.1, -0.05) is 18.5 Å². The summed E-state index contributed by atoms with van der Waals surface area (Å²) < 4.78 is 39.8. The molecule has 0 amide bonds. The van der Waals surface area contributed by atoms with Crippen LogP contribution in [0.4, 0.5) is 19.1 Å². The van der Waals surface area contributed by atoms with Gasteiger partial charge in [0.1, 0.15) is 0 Å². The number of rotatable bonds is 4. The molecule has 20 heavy (non-hydrogen) atoms. The molecule has 0 atom stereocenters. The van der Waals surface area contributed by atoms with E-state index < -0.39 is 11.7 Å². The summed E-state index contributed by atoms with van der Waals surface area (Å²) in [4.78, 5) is 4.08. The van der Waals surface area contributed by atoms with Crippen molar-refractivity contribution in [2.45, 2.75) is 19.5 Å². The number of benzene rings is 1. The van der Waals surface area contributed by atoms with Gasteiger partial charge in [0.2, 0.25) is 5.95 Å². The van der Waals surface area contributed by atoms with Crippen molar-refractivity contribution < 1.29 is 13.2 Å². The fourth-order valence-electron chi connectivity index (χ4n) is 1.74. The van der Waals surface area contributed by atoms with Crippen molar-refractivity contribution in [2.24, 2.45) is 0 Å². The van der Waals surface area contributed by atoms with Crippen LogP contribution in [-0.4, -0.2) is 16.1 Å². The molecule has 1 N–H and O–H groups in total. The van der Waals surface area contributed by atoms with E-state index in [9.17, 15) is 13.2 Å². The lowest BCUT2D eigenvalue weighted by molar-refractivity contribution is -0.137. The fraction of sp³-hybridized carbons (Fsp3) is 0.308. The van der Waals surface area contributed by atoms with E-state index in [1.54, 1.807) is 6.20 Å². The molecule has 0 bridgehead atoms. The van der Waals surface area contributed by atoms with Crippen LogP contribution in [0.1, 0.15) is 18.9 Å². The zero-order chi connectivity index (χ0) is 14.8. The summed E-state index contributed by atoms with van der Waals surface area (Å²) >= 11 is 6.00. The molecule has 0 aliphatic heterocycles. The van der Waals surface area contributed by atoms with Crippen molar-refractivity contribution in [3.05, 3.63) is 41.2 Å². The molecule has 3 nitrogen and oxygen atoms in total. The van der Waals surface area contributed by atoms with Gasteiger partial charge < -0.3 is 5.32 Å². The number of imidazole rings is 1. The lowest BCUT2D eigenvalue weighted by atomic mass is 10.2. The molecule has 0 aliphatic carbocycles. The lowest BCUT2D eigenvalue weighted by Crippen LogP contribution is -2.09. The van der Waals surface area contributed by atoms with Crippen LogP contribution < -0.4 is 5.32 Å².